The highest BCUT2D eigenvalue weighted by Gasteiger charge is 2.34. The van der Waals surface area contributed by atoms with E-state index in [2.05, 4.69) is 26.8 Å². The van der Waals surface area contributed by atoms with Crippen molar-refractivity contribution in [1.29, 1.82) is 0 Å². The number of hydrogen-bond donors (Lipinski definition) is 2. The van der Waals surface area contributed by atoms with Gasteiger partial charge in [0.2, 0.25) is 11.8 Å². The van der Waals surface area contributed by atoms with E-state index >= 15 is 0 Å². The van der Waals surface area contributed by atoms with Gasteiger partial charge < -0.3 is 9.64 Å². The smallest absolute Gasteiger partial charge is 0.279 e. The molecule has 0 aromatic heterocycles. The first kappa shape index (κ1) is 22.1. The van der Waals surface area contributed by atoms with Crippen LogP contribution in [0.15, 0.2) is 53.0 Å². The van der Waals surface area contributed by atoms with Gasteiger partial charge in [-0.25, -0.2) is 0 Å². The van der Waals surface area contributed by atoms with Crippen molar-refractivity contribution in [2.24, 2.45) is 5.92 Å². The molecule has 0 spiro atoms. The fourth-order valence-corrected chi connectivity index (χ4v) is 3.82. The second kappa shape index (κ2) is 9.95. The maximum Gasteiger partial charge on any atom is 0.279 e. The molecule has 0 aliphatic carbocycles. The van der Waals surface area contributed by atoms with Crippen molar-refractivity contribution in [3.05, 3.63) is 63.6 Å². The van der Waals surface area contributed by atoms with Crippen molar-refractivity contribution in [1.82, 2.24) is 15.8 Å². The molecule has 0 saturated carbocycles. The molecule has 2 unspecified atom stereocenters. The van der Waals surface area contributed by atoms with Gasteiger partial charge in [0.1, 0.15) is 5.75 Å². The molecule has 3 amide bonds. The van der Waals surface area contributed by atoms with Crippen molar-refractivity contribution in [2.75, 3.05) is 6.54 Å². The Kier molecular flexibility index (Phi) is 7.33. The molecule has 1 aliphatic rings. The summed E-state index contributed by atoms with van der Waals surface area (Å²) in [6.45, 7) is 2.32. The van der Waals surface area contributed by atoms with Crippen LogP contribution >= 0.6 is 27.5 Å². The fourth-order valence-electron chi connectivity index (χ4n) is 3.05. The average Bonchev–Trinajstić information content (AvgIpc) is 3.09. The van der Waals surface area contributed by atoms with Crippen LogP contribution in [0.1, 0.15) is 18.9 Å². The highest BCUT2D eigenvalue weighted by Crippen LogP contribution is 2.28. The lowest BCUT2D eigenvalue weighted by molar-refractivity contribution is -0.134. The molecular weight excluding hydrogens is 474 g/mol. The summed E-state index contributed by atoms with van der Waals surface area (Å²) in [4.78, 5) is 38.5. The van der Waals surface area contributed by atoms with Gasteiger partial charge in [0.15, 0.2) is 6.10 Å². The number of nitrogens with zero attached hydrogens (tertiary/aromatic N) is 1. The first-order chi connectivity index (χ1) is 14.3. The van der Waals surface area contributed by atoms with Crippen LogP contribution < -0.4 is 15.6 Å². The molecule has 2 aromatic rings. The Balaban J connectivity index is 1.47. The molecule has 158 valence electrons. The van der Waals surface area contributed by atoms with Crippen LogP contribution in [-0.4, -0.2) is 35.3 Å². The van der Waals surface area contributed by atoms with Crippen LogP contribution in [0.5, 0.6) is 5.75 Å². The third kappa shape index (κ3) is 5.73. The second-order valence-corrected chi connectivity index (χ2v) is 8.27. The van der Waals surface area contributed by atoms with E-state index in [4.69, 9.17) is 16.3 Å². The van der Waals surface area contributed by atoms with E-state index in [9.17, 15) is 14.4 Å². The topological polar surface area (TPSA) is 87.7 Å². The first-order valence-corrected chi connectivity index (χ1v) is 10.5. The zero-order chi connectivity index (χ0) is 21.7. The summed E-state index contributed by atoms with van der Waals surface area (Å²) in [5.74, 6) is -1.09. The molecule has 1 saturated heterocycles. The number of amides is 3. The molecule has 2 aromatic carbocycles. The summed E-state index contributed by atoms with van der Waals surface area (Å²) in [6, 6.07) is 14.5. The number of hydrazine groups is 1. The monoisotopic (exact) mass is 493 g/mol. The van der Waals surface area contributed by atoms with Crippen LogP contribution in [0.3, 0.4) is 0 Å². The number of carbonyl (C=O) groups excluding carboxylic acids is 3. The minimum Gasteiger partial charge on any atom is -0.480 e. The van der Waals surface area contributed by atoms with Crippen LogP contribution in [0.4, 0.5) is 0 Å². The Bertz CT molecular complexity index is 941. The number of nitrogens with one attached hydrogen (secondary N) is 2. The Morgan fingerprint density at radius 2 is 1.97 bits per heavy atom. The molecule has 3 rings (SSSR count). The van der Waals surface area contributed by atoms with Gasteiger partial charge in [-0.2, -0.15) is 0 Å². The molecule has 2 atom stereocenters. The molecule has 9 heteroatoms. The molecular formula is C21H21BrClN3O4. The third-order valence-corrected chi connectivity index (χ3v) is 5.53. The van der Waals surface area contributed by atoms with E-state index in [0.29, 0.717) is 28.3 Å². The molecule has 1 aliphatic heterocycles. The van der Waals surface area contributed by atoms with Crippen molar-refractivity contribution in [3.8, 4) is 5.75 Å². The van der Waals surface area contributed by atoms with Crippen molar-refractivity contribution >= 4 is 45.3 Å². The number of ether oxygens (including phenoxy) is 1. The van der Waals surface area contributed by atoms with E-state index in [0.717, 1.165) is 5.56 Å². The maximum absolute atomic E-state index is 12.4. The molecule has 2 N–H and O–H groups in total. The van der Waals surface area contributed by atoms with Gasteiger partial charge in [-0.15, -0.1) is 0 Å². The molecule has 30 heavy (non-hydrogen) atoms. The third-order valence-electron chi connectivity index (χ3n) is 4.68. The number of rotatable bonds is 6. The van der Waals surface area contributed by atoms with Crippen LogP contribution in [0, 0.1) is 5.92 Å². The Hall–Kier alpha value is -2.58. The minimum absolute atomic E-state index is 0.0883. The first-order valence-electron chi connectivity index (χ1n) is 9.36. The largest absolute Gasteiger partial charge is 0.480 e. The van der Waals surface area contributed by atoms with Crippen LogP contribution in [0.25, 0.3) is 0 Å². The Morgan fingerprint density at radius 1 is 1.23 bits per heavy atom. The second-order valence-electron chi connectivity index (χ2n) is 6.97. The quantitative estimate of drug-likeness (QED) is 0.604. The van der Waals surface area contributed by atoms with Gasteiger partial charge in [0.25, 0.3) is 5.91 Å². The molecule has 0 radical (unpaired) electrons. The Morgan fingerprint density at radius 3 is 2.67 bits per heavy atom. The van der Waals surface area contributed by atoms with Gasteiger partial charge in [-0.05, 0) is 46.6 Å². The normalized spacial score (nSPS) is 16.8. The summed E-state index contributed by atoms with van der Waals surface area (Å²) < 4.78 is 6.20. The average molecular weight is 495 g/mol. The number of benzene rings is 2. The van der Waals surface area contributed by atoms with Crippen molar-refractivity contribution in [2.45, 2.75) is 26.0 Å². The van der Waals surface area contributed by atoms with E-state index in [1.807, 2.05) is 30.3 Å². The number of hydrogen-bond acceptors (Lipinski definition) is 4. The fraction of sp³-hybridized carbons (Fsp3) is 0.286. The van der Waals surface area contributed by atoms with Crippen molar-refractivity contribution in [3.63, 3.8) is 0 Å². The van der Waals surface area contributed by atoms with Gasteiger partial charge in [0.05, 0.1) is 10.4 Å². The lowest BCUT2D eigenvalue weighted by Crippen LogP contribution is -2.49. The minimum atomic E-state index is -0.859. The molecule has 1 heterocycles. The zero-order valence-corrected chi connectivity index (χ0v) is 18.6. The van der Waals surface area contributed by atoms with E-state index in [1.54, 1.807) is 30.0 Å². The predicted octanol–water partition coefficient (Wildman–Crippen LogP) is 3.07. The maximum atomic E-state index is 12.4. The zero-order valence-electron chi connectivity index (χ0n) is 16.2. The van der Waals surface area contributed by atoms with E-state index in [-0.39, 0.29) is 12.3 Å². The standard InChI is InChI=1S/C21H21BrClN3O4/c1-13(30-18-8-7-16(23)10-17(18)22)20(28)24-25-21(29)15-9-19(27)26(12-15)11-14-5-3-2-4-6-14/h2-8,10,13,15H,9,11-12H2,1H3,(H,24,28)(H,25,29). The number of carbonyl (C=O) groups is 3. The van der Waals surface area contributed by atoms with Gasteiger partial charge in [-0.1, -0.05) is 41.9 Å². The lowest BCUT2D eigenvalue weighted by Gasteiger charge is -2.18. The number of halogens is 2. The summed E-state index contributed by atoms with van der Waals surface area (Å²) in [5, 5.41) is 0.533. The van der Waals surface area contributed by atoms with Gasteiger partial charge >= 0.3 is 0 Å². The Labute approximate surface area is 187 Å². The van der Waals surface area contributed by atoms with E-state index < -0.39 is 23.8 Å². The SMILES string of the molecule is CC(Oc1ccc(Cl)cc1Br)C(=O)NNC(=O)C1CC(=O)N(Cc2ccccc2)C1. The highest BCUT2D eigenvalue weighted by molar-refractivity contribution is 9.10. The summed E-state index contributed by atoms with van der Waals surface area (Å²) >= 11 is 9.21. The van der Waals surface area contributed by atoms with E-state index in [1.165, 1.54) is 0 Å². The van der Waals surface area contributed by atoms with Crippen molar-refractivity contribution < 1.29 is 19.1 Å². The summed E-state index contributed by atoms with van der Waals surface area (Å²) in [6.07, 6.45) is -0.749. The van der Waals surface area contributed by atoms with Crippen LogP contribution in [-0.2, 0) is 20.9 Å². The number of likely N-dealkylation sites (tertiary alicyclic amines) is 1. The summed E-state index contributed by atoms with van der Waals surface area (Å²) in [5.41, 5.74) is 5.74. The molecule has 0 bridgehead atoms. The lowest BCUT2D eigenvalue weighted by atomic mass is 10.1. The molecule has 1 fully saturated rings. The summed E-state index contributed by atoms with van der Waals surface area (Å²) in [7, 11) is 0. The predicted molar refractivity (Wildman–Crippen MR) is 115 cm³/mol. The molecule has 7 nitrogen and oxygen atoms in total. The highest BCUT2D eigenvalue weighted by atomic mass is 79.9. The van der Waals surface area contributed by atoms with Gasteiger partial charge in [-0.3, -0.25) is 25.2 Å². The van der Waals surface area contributed by atoms with Crippen LogP contribution in [0.2, 0.25) is 5.02 Å². The van der Waals surface area contributed by atoms with Gasteiger partial charge in [0, 0.05) is 24.5 Å².